The largest absolute Gasteiger partial charge is 0.341 e. The summed E-state index contributed by atoms with van der Waals surface area (Å²) in [5.41, 5.74) is 1.14. The molecule has 6 heteroatoms. The fourth-order valence-corrected chi connectivity index (χ4v) is 3.48. The Bertz CT molecular complexity index is 641. The maximum Gasteiger partial charge on any atom is 0.245 e. The van der Waals surface area contributed by atoms with E-state index in [2.05, 4.69) is 0 Å². The minimum Gasteiger partial charge on any atom is -0.341 e. The third-order valence-electron chi connectivity index (χ3n) is 5.06. The van der Waals surface area contributed by atoms with E-state index >= 15 is 0 Å². The van der Waals surface area contributed by atoms with Crippen molar-refractivity contribution in [1.29, 1.82) is 0 Å². The predicted octanol–water partition coefficient (Wildman–Crippen LogP) is 0.911. The zero-order valence-corrected chi connectivity index (χ0v) is 14.7. The van der Waals surface area contributed by atoms with Crippen LogP contribution in [0.2, 0.25) is 0 Å². The zero-order chi connectivity index (χ0) is 17.8. The Hall–Kier alpha value is -2.37. The van der Waals surface area contributed by atoms with Crippen LogP contribution in [0.3, 0.4) is 0 Å². The Morgan fingerprint density at radius 2 is 1.80 bits per heavy atom. The van der Waals surface area contributed by atoms with Crippen molar-refractivity contribution >= 4 is 17.7 Å². The first-order valence-electron chi connectivity index (χ1n) is 8.96. The number of amides is 3. The van der Waals surface area contributed by atoms with Gasteiger partial charge in [-0.15, -0.1) is 0 Å². The van der Waals surface area contributed by atoms with Crippen LogP contribution in [0.15, 0.2) is 30.3 Å². The van der Waals surface area contributed by atoms with Crippen LogP contribution in [0.5, 0.6) is 0 Å². The van der Waals surface area contributed by atoms with Gasteiger partial charge in [-0.05, 0) is 31.7 Å². The van der Waals surface area contributed by atoms with Gasteiger partial charge in [-0.1, -0.05) is 30.3 Å². The first kappa shape index (κ1) is 17.5. The molecule has 0 bridgehead atoms. The number of rotatable bonds is 5. The average molecular weight is 343 g/mol. The summed E-state index contributed by atoms with van der Waals surface area (Å²) in [5.74, 6) is -0.277. The van der Waals surface area contributed by atoms with Crippen molar-refractivity contribution in [2.75, 3.05) is 32.7 Å². The molecule has 25 heavy (non-hydrogen) atoms. The molecule has 1 aromatic rings. The number of hydrogen-bond donors (Lipinski definition) is 0. The van der Waals surface area contributed by atoms with Gasteiger partial charge in [0.2, 0.25) is 17.7 Å². The topological polar surface area (TPSA) is 60.9 Å². The van der Waals surface area contributed by atoms with Gasteiger partial charge in [0, 0.05) is 19.6 Å². The van der Waals surface area contributed by atoms with Gasteiger partial charge in [-0.2, -0.15) is 0 Å². The monoisotopic (exact) mass is 343 g/mol. The van der Waals surface area contributed by atoms with Gasteiger partial charge in [-0.3, -0.25) is 14.4 Å². The van der Waals surface area contributed by atoms with E-state index in [1.807, 2.05) is 30.3 Å². The third-order valence-corrected chi connectivity index (χ3v) is 5.06. The number of hydrogen-bond acceptors (Lipinski definition) is 3. The van der Waals surface area contributed by atoms with Crippen LogP contribution in [-0.4, -0.2) is 71.2 Å². The Kier molecular flexibility index (Phi) is 5.36. The highest BCUT2D eigenvalue weighted by Crippen LogP contribution is 2.15. The Morgan fingerprint density at radius 1 is 1.12 bits per heavy atom. The predicted molar refractivity (Wildman–Crippen MR) is 93.7 cm³/mol. The van der Waals surface area contributed by atoms with Crippen LogP contribution >= 0.6 is 0 Å². The van der Waals surface area contributed by atoms with Gasteiger partial charge in [0.15, 0.2) is 0 Å². The third kappa shape index (κ3) is 4.00. The summed E-state index contributed by atoms with van der Waals surface area (Å²) in [6.45, 7) is 3.82. The summed E-state index contributed by atoms with van der Waals surface area (Å²) in [4.78, 5) is 42.2. The lowest BCUT2D eigenvalue weighted by Crippen LogP contribution is -2.60. The highest BCUT2D eigenvalue weighted by molar-refractivity contribution is 5.96. The smallest absolute Gasteiger partial charge is 0.245 e. The van der Waals surface area contributed by atoms with E-state index in [0.29, 0.717) is 6.54 Å². The molecule has 0 aliphatic carbocycles. The summed E-state index contributed by atoms with van der Waals surface area (Å²) >= 11 is 0. The lowest BCUT2D eigenvalue weighted by molar-refractivity contribution is -0.157. The second-order valence-corrected chi connectivity index (χ2v) is 6.78. The molecule has 0 N–H and O–H groups in total. The summed E-state index contributed by atoms with van der Waals surface area (Å²) in [5, 5.41) is 0. The molecule has 0 radical (unpaired) electrons. The summed E-state index contributed by atoms with van der Waals surface area (Å²) in [6, 6.07) is 9.33. The minimum atomic E-state index is -0.580. The van der Waals surface area contributed by atoms with E-state index in [-0.39, 0.29) is 30.8 Å². The van der Waals surface area contributed by atoms with Crippen LogP contribution in [0.1, 0.15) is 25.3 Å². The Morgan fingerprint density at radius 3 is 2.48 bits per heavy atom. The molecule has 3 amide bonds. The molecule has 1 atom stereocenters. The minimum absolute atomic E-state index is 0.0122. The van der Waals surface area contributed by atoms with E-state index in [9.17, 15) is 14.4 Å². The van der Waals surface area contributed by atoms with Gasteiger partial charge >= 0.3 is 0 Å². The fourth-order valence-electron chi connectivity index (χ4n) is 3.48. The molecular weight excluding hydrogens is 318 g/mol. The number of likely N-dealkylation sites (tertiary alicyclic amines) is 1. The molecule has 2 saturated heterocycles. The van der Waals surface area contributed by atoms with Gasteiger partial charge in [0.1, 0.15) is 12.6 Å². The van der Waals surface area contributed by atoms with Crippen molar-refractivity contribution in [2.24, 2.45) is 0 Å². The number of benzene rings is 1. The van der Waals surface area contributed by atoms with Gasteiger partial charge in [-0.25, -0.2) is 0 Å². The van der Waals surface area contributed by atoms with Gasteiger partial charge in [0.05, 0.1) is 6.54 Å². The maximum absolute atomic E-state index is 12.6. The molecule has 6 nitrogen and oxygen atoms in total. The van der Waals surface area contributed by atoms with Gasteiger partial charge in [0.25, 0.3) is 0 Å². The van der Waals surface area contributed by atoms with E-state index in [1.165, 1.54) is 4.90 Å². The summed E-state index contributed by atoms with van der Waals surface area (Å²) < 4.78 is 0. The first-order chi connectivity index (χ1) is 12.1. The second kappa shape index (κ2) is 7.68. The molecular formula is C19H25N3O3. The fraction of sp³-hybridized carbons (Fsp3) is 0.526. The zero-order valence-electron chi connectivity index (χ0n) is 14.7. The lowest BCUT2D eigenvalue weighted by Gasteiger charge is -2.39. The van der Waals surface area contributed by atoms with E-state index < -0.39 is 6.04 Å². The number of piperazine rings is 1. The summed E-state index contributed by atoms with van der Waals surface area (Å²) in [6.07, 6.45) is 2.75. The standard InChI is InChI=1S/C19H25N3O3/c1-15-19(25)21(12-9-16-7-3-2-4-8-16)13-18(24)22(15)14-17(23)20-10-5-6-11-20/h2-4,7-8,15H,5-6,9-14H2,1H3/t15-/m1/s1. The van der Waals surface area contributed by atoms with Crippen LogP contribution in [0.4, 0.5) is 0 Å². The number of nitrogens with zero attached hydrogens (tertiary/aromatic N) is 3. The van der Waals surface area contributed by atoms with E-state index in [0.717, 1.165) is 37.9 Å². The van der Waals surface area contributed by atoms with Crippen molar-refractivity contribution in [3.05, 3.63) is 35.9 Å². The summed E-state index contributed by atoms with van der Waals surface area (Å²) in [7, 11) is 0. The van der Waals surface area contributed by atoms with Crippen molar-refractivity contribution < 1.29 is 14.4 Å². The van der Waals surface area contributed by atoms with Crippen molar-refractivity contribution in [1.82, 2.24) is 14.7 Å². The normalized spacial score (nSPS) is 21.2. The van der Waals surface area contributed by atoms with Crippen molar-refractivity contribution in [2.45, 2.75) is 32.2 Å². The molecule has 2 fully saturated rings. The number of carbonyl (C=O) groups excluding carboxylic acids is 3. The first-order valence-corrected chi connectivity index (χ1v) is 8.96. The Balaban J connectivity index is 1.58. The molecule has 134 valence electrons. The molecule has 1 aromatic carbocycles. The molecule has 0 saturated carbocycles. The van der Waals surface area contributed by atoms with E-state index in [1.54, 1.807) is 16.7 Å². The molecule has 0 aromatic heterocycles. The number of carbonyl (C=O) groups is 3. The van der Waals surface area contributed by atoms with Gasteiger partial charge < -0.3 is 14.7 Å². The molecule has 0 spiro atoms. The molecule has 0 unspecified atom stereocenters. The van der Waals surface area contributed by atoms with Crippen LogP contribution in [0, 0.1) is 0 Å². The van der Waals surface area contributed by atoms with E-state index in [4.69, 9.17) is 0 Å². The molecule has 2 aliphatic rings. The SMILES string of the molecule is C[C@@H]1C(=O)N(CCc2ccccc2)CC(=O)N1CC(=O)N1CCCC1. The maximum atomic E-state index is 12.6. The van der Waals surface area contributed by atoms with Crippen LogP contribution < -0.4 is 0 Å². The quantitative estimate of drug-likeness (QED) is 0.798. The Labute approximate surface area is 148 Å². The molecule has 3 rings (SSSR count). The highest BCUT2D eigenvalue weighted by atomic mass is 16.2. The van der Waals surface area contributed by atoms with Crippen molar-refractivity contribution in [3.63, 3.8) is 0 Å². The highest BCUT2D eigenvalue weighted by Gasteiger charge is 2.37. The van der Waals surface area contributed by atoms with Crippen LogP contribution in [-0.2, 0) is 20.8 Å². The molecule has 2 aliphatic heterocycles. The van der Waals surface area contributed by atoms with Crippen molar-refractivity contribution in [3.8, 4) is 0 Å². The second-order valence-electron chi connectivity index (χ2n) is 6.78. The lowest BCUT2D eigenvalue weighted by atomic mass is 10.1. The molecule has 2 heterocycles. The van der Waals surface area contributed by atoms with Crippen LogP contribution in [0.25, 0.3) is 0 Å². The average Bonchev–Trinajstić information content (AvgIpc) is 3.16.